The van der Waals surface area contributed by atoms with Crippen molar-refractivity contribution in [2.24, 2.45) is 0 Å². The summed E-state index contributed by atoms with van der Waals surface area (Å²) in [4.78, 5) is 28.8. The molecule has 1 N–H and O–H groups in total. The van der Waals surface area contributed by atoms with Gasteiger partial charge < -0.3 is 5.32 Å². The number of nitrogens with zero attached hydrogens (tertiary/aromatic N) is 3. The second-order valence-electron chi connectivity index (χ2n) is 5.20. The Balaban J connectivity index is 1.80. The van der Waals surface area contributed by atoms with Gasteiger partial charge in [0.25, 0.3) is 0 Å². The van der Waals surface area contributed by atoms with E-state index >= 15 is 0 Å². The van der Waals surface area contributed by atoms with Crippen LogP contribution in [-0.2, 0) is 24.4 Å². The molecular formula is C17H18N4O2. The molecule has 3 rings (SSSR count). The number of aromatic nitrogens is 3. The standard InChI is InChI=1S/C17H18N4O2/c1-2-20-14-8-3-4-9-15(14)21(17(20)23)12-16(22)19-11-13-7-5-6-10-18-13/h3-10H,2,11-12H2,1H3,(H,19,22). The predicted octanol–water partition coefficient (Wildman–Crippen LogP) is 1.53. The van der Waals surface area contributed by atoms with Gasteiger partial charge in [0.05, 0.1) is 23.3 Å². The van der Waals surface area contributed by atoms with Crippen LogP contribution in [0.25, 0.3) is 11.0 Å². The van der Waals surface area contributed by atoms with Gasteiger partial charge in [-0.3, -0.25) is 18.9 Å². The zero-order valence-electron chi connectivity index (χ0n) is 12.9. The summed E-state index contributed by atoms with van der Waals surface area (Å²) in [6.07, 6.45) is 1.68. The first-order valence-electron chi connectivity index (χ1n) is 7.55. The molecule has 0 aliphatic carbocycles. The number of carbonyl (C=O) groups is 1. The summed E-state index contributed by atoms with van der Waals surface area (Å²) in [5.74, 6) is -0.211. The van der Waals surface area contributed by atoms with E-state index in [1.807, 2.05) is 49.4 Å². The van der Waals surface area contributed by atoms with E-state index in [2.05, 4.69) is 10.3 Å². The van der Waals surface area contributed by atoms with Gasteiger partial charge in [0.2, 0.25) is 5.91 Å². The van der Waals surface area contributed by atoms with Crippen LogP contribution in [0.5, 0.6) is 0 Å². The van der Waals surface area contributed by atoms with Crippen LogP contribution in [0.15, 0.2) is 53.5 Å². The average molecular weight is 310 g/mol. The van der Waals surface area contributed by atoms with Crippen molar-refractivity contribution in [3.05, 3.63) is 64.8 Å². The molecule has 0 bridgehead atoms. The van der Waals surface area contributed by atoms with Gasteiger partial charge in [-0.1, -0.05) is 18.2 Å². The lowest BCUT2D eigenvalue weighted by molar-refractivity contribution is -0.121. The molecule has 6 heteroatoms. The summed E-state index contributed by atoms with van der Waals surface area (Å²) in [5.41, 5.74) is 2.23. The number of imidazole rings is 1. The first-order chi connectivity index (χ1) is 11.2. The van der Waals surface area contributed by atoms with E-state index in [4.69, 9.17) is 0 Å². The van der Waals surface area contributed by atoms with Crippen molar-refractivity contribution < 1.29 is 4.79 Å². The van der Waals surface area contributed by atoms with Crippen LogP contribution >= 0.6 is 0 Å². The topological polar surface area (TPSA) is 68.9 Å². The highest BCUT2D eigenvalue weighted by Gasteiger charge is 2.14. The molecular weight excluding hydrogens is 292 g/mol. The lowest BCUT2D eigenvalue weighted by atomic mass is 10.3. The second kappa shape index (κ2) is 6.48. The highest BCUT2D eigenvalue weighted by molar-refractivity contribution is 5.80. The van der Waals surface area contributed by atoms with Crippen LogP contribution in [-0.4, -0.2) is 20.0 Å². The fraction of sp³-hybridized carbons (Fsp3) is 0.235. The molecule has 0 spiro atoms. The first kappa shape index (κ1) is 15.0. The van der Waals surface area contributed by atoms with Gasteiger partial charge in [0, 0.05) is 12.7 Å². The zero-order valence-corrected chi connectivity index (χ0v) is 12.9. The Kier molecular flexibility index (Phi) is 4.23. The number of carbonyl (C=O) groups excluding carboxylic acids is 1. The number of para-hydroxylation sites is 2. The van der Waals surface area contributed by atoms with Crippen molar-refractivity contribution in [1.29, 1.82) is 0 Å². The first-order valence-corrected chi connectivity index (χ1v) is 7.55. The maximum atomic E-state index is 12.5. The third-order valence-corrected chi connectivity index (χ3v) is 3.74. The second-order valence-corrected chi connectivity index (χ2v) is 5.20. The van der Waals surface area contributed by atoms with Crippen molar-refractivity contribution in [3.8, 4) is 0 Å². The fourth-order valence-electron chi connectivity index (χ4n) is 2.62. The van der Waals surface area contributed by atoms with E-state index < -0.39 is 0 Å². The van der Waals surface area contributed by atoms with E-state index in [0.717, 1.165) is 16.7 Å². The molecule has 0 atom stereocenters. The average Bonchev–Trinajstić information content (AvgIpc) is 2.85. The van der Waals surface area contributed by atoms with Gasteiger partial charge in [0.1, 0.15) is 6.54 Å². The summed E-state index contributed by atoms with van der Waals surface area (Å²) >= 11 is 0. The van der Waals surface area contributed by atoms with Gasteiger partial charge in [-0.25, -0.2) is 4.79 Å². The summed E-state index contributed by atoms with van der Waals surface area (Å²) < 4.78 is 3.17. The minimum absolute atomic E-state index is 0.000813. The van der Waals surface area contributed by atoms with Gasteiger partial charge >= 0.3 is 5.69 Å². The lowest BCUT2D eigenvalue weighted by Crippen LogP contribution is -2.32. The number of rotatable bonds is 5. The molecule has 0 saturated carbocycles. The van der Waals surface area contributed by atoms with Crippen LogP contribution < -0.4 is 11.0 Å². The maximum absolute atomic E-state index is 12.5. The third-order valence-electron chi connectivity index (χ3n) is 3.74. The Morgan fingerprint density at radius 1 is 1.09 bits per heavy atom. The van der Waals surface area contributed by atoms with E-state index in [0.29, 0.717) is 13.1 Å². The molecule has 0 saturated heterocycles. The molecule has 118 valence electrons. The molecule has 0 unspecified atom stereocenters. The molecule has 3 aromatic rings. The number of benzene rings is 1. The number of fused-ring (bicyclic) bond motifs is 1. The predicted molar refractivity (Wildman–Crippen MR) is 88.0 cm³/mol. The molecule has 0 aliphatic rings. The minimum atomic E-state index is -0.211. The molecule has 2 heterocycles. The molecule has 0 aliphatic heterocycles. The van der Waals surface area contributed by atoms with Crippen molar-refractivity contribution in [2.75, 3.05) is 0 Å². The Morgan fingerprint density at radius 2 is 1.78 bits per heavy atom. The fourth-order valence-corrected chi connectivity index (χ4v) is 2.62. The molecule has 1 aromatic carbocycles. The van der Waals surface area contributed by atoms with Crippen molar-refractivity contribution in [3.63, 3.8) is 0 Å². The highest BCUT2D eigenvalue weighted by atomic mass is 16.2. The van der Waals surface area contributed by atoms with Crippen molar-refractivity contribution in [2.45, 2.75) is 26.6 Å². The highest BCUT2D eigenvalue weighted by Crippen LogP contribution is 2.12. The Bertz CT molecular complexity index is 880. The maximum Gasteiger partial charge on any atom is 0.329 e. The van der Waals surface area contributed by atoms with Crippen LogP contribution in [0.3, 0.4) is 0 Å². The summed E-state index contributed by atoms with van der Waals surface area (Å²) in [6.45, 7) is 2.83. The van der Waals surface area contributed by atoms with Gasteiger partial charge in [-0.05, 0) is 31.2 Å². The monoisotopic (exact) mass is 310 g/mol. The Labute approximate surface area is 133 Å². The summed E-state index contributed by atoms with van der Waals surface area (Å²) in [6, 6.07) is 13.0. The summed E-state index contributed by atoms with van der Waals surface area (Å²) in [5, 5.41) is 2.80. The number of hydrogen-bond donors (Lipinski definition) is 1. The van der Waals surface area contributed by atoms with Crippen LogP contribution in [0.2, 0.25) is 0 Å². The lowest BCUT2D eigenvalue weighted by Gasteiger charge is -2.05. The number of aryl methyl sites for hydroxylation is 1. The zero-order chi connectivity index (χ0) is 16.2. The SMILES string of the molecule is CCn1c(=O)n(CC(=O)NCc2ccccn2)c2ccccc21. The van der Waals surface area contributed by atoms with Gasteiger partial charge in [-0.15, -0.1) is 0 Å². The van der Waals surface area contributed by atoms with Crippen molar-refractivity contribution in [1.82, 2.24) is 19.4 Å². The minimum Gasteiger partial charge on any atom is -0.349 e. The normalized spacial score (nSPS) is 10.8. The van der Waals surface area contributed by atoms with Crippen LogP contribution in [0, 0.1) is 0 Å². The number of pyridine rings is 1. The van der Waals surface area contributed by atoms with E-state index in [1.54, 1.807) is 10.8 Å². The third kappa shape index (κ3) is 3.01. The Hall–Kier alpha value is -2.89. The van der Waals surface area contributed by atoms with Crippen LogP contribution in [0.4, 0.5) is 0 Å². The molecule has 23 heavy (non-hydrogen) atoms. The molecule has 6 nitrogen and oxygen atoms in total. The number of amides is 1. The number of hydrogen-bond acceptors (Lipinski definition) is 3. The Morgan fingerprint density at radius 3 is 2.43 bits per heavy atom. The van der Waals surface area contributed by atoms with E-state index in [-0.39, 0.29) is 18.1 Å². The summed E-state index contributed by atoms with van der Waals surface area (Å²) in [7, 11) is 0. The largest absolute Gasteiger partial charge is 0.349 e. The molecule has 0 radical (unpaired) electrons. The van der Waals surface area contributed by atoms with E-state index in [1.165, 1.54) is 4.57 Å². The van der Waals surface area contributed by atoms with Gasteiger partial charge in [0.15, 0.2) is 0 Å². The molecule has 0 fully saturated rings. The van der Waals surface area contributed by atoms with E-state index in [9.17, 15) is 9.59 Å². The molecule has 1 amide bonds. The van der Waals surface area contributed by atoms with Gasteiger partial charge in [-0.2, -0.15) is 0 Å². The van der Waals surface area contributed by atoms with Crippen molar-refractivity contribution >= 4 is 16.9 Å². The van der Waals surface area contributed by atoms with Crippen LogP contribution in [0.1, 0.15) is 12.6 Å². The molecule has 2 aromatic heterocycles. The smallest absolute Gasteiger partial charge is 0.329 e. The quantitative estimate of drug-likeness (QED) is 0.777. The number of nitrogens with one attached hydrogen (secondary N) is 1.